The maximum Gasteiger partial charge on any atom is 0.251 e. The van der Waals surface area contributed by atoms with E-state index in [1.54, 1.807) is 0 Å². The zero-order valence-corrected chi connectivity index (χ0v) is 12.6. The Morgan fingerprint density at radius 2 is 2.05 bits per heavy atom. The molecule has 0 atom stereocenters. The molecule has 0 bridgehead atoms. The van der Waals surface area contributed by atoms with E-state index < -0.39 is 0 Å². The topological polar surface area (TPSA) is 64.4 Å². The maximum atomic E-state index is 11.9. The zero-order valence-electron chi connectivity index (χ0n) is 11.1. The number of amides is 1. The van der Waals surface area contributed by atoms with Crippen molar-refractivity contribution in [1.29, 1.82) is 0 Å². The average Bonchev–Trinajstić information content (AvgIpc) is 2.93. The Kier molecular flexibility index (Phi) is 5.52. The molecule has 1 saturated carbocycles. The molecule has 20 heavy (non-hydrogen) atoms. The molecule has 0 saturated heterocycles. The van der Waals surface area contributed by atoms with Crippen molar-refractivity contribution in [2.45, 2.75) is 31.8 Å². The summed E-state index contributed by atoms with van der Waals surface area (Å²) < 4.78 is 5.67. The molecule has 1 fully saturated rings. The largest absolute Gasteiger partial charge is 0.397 e. The van der Waals surface area contributed by atoms with E-state index in [9.17, 15) is 4.79 Å². The molecule has 0 aromatic heterocycles. The summed E-state index contributed by atoms with van der Waals surface area (Å²) >= 11 is 11.7. The number of ether oxygens (including phenoxy) is 1. The quantitative estimate of drug-likeness (QED) is 0.647. The summed E-state index contributed by atoms with van der Waals surface area (Å²) in [5.41, 5.74) is 6.37. The third-order valence-electron chi connectivity index (χ3n) is 3.36. The fraction of sp³-hybridized carbons (Fsp3) is 0.500. The first-order chi connectivity index (χ1) is 9.58. The lowest BCUT2D eigenvalue weighted by molar-refractivity contribution is 0.0582. The van der Waals surface area contributed by atoms with Crippen LogP contribution in [-0.4, -0.2) is 25.2 Å². The lowest BCUT2D eigenvalue weighted by Gasteiger charge is -2.12. The van der Waals surface area contributed by atoms with E-state index in [4.69, 9.17) is 33.7 Å². The molecule has 1 aliphatic carbocycles. The highest BCUT2D eigenvalue weighted by molar-refractivity contribution is 6.43. The predicted octanol–water partition coefficient (Wildman–Crippen LogP) is 3.26. The van der Waals surface area contributed by atoms with E-state index in [1.165, 1.54) is 25.0 Å². The number of nitrogens with two attached hydrogens (primary N) is 1. The van der Waals surface area contributed by atoms with Crippen LogP contribution in [0.25, 0.3) is 0 Å². The average molecular weight is 317 g/mol. The van der Waals surface area contributed by atoms with Gasteiger partial charge in [-0.25, -0.2) is 0 Å². The Hall–Kier alpha value is -0.970. The van der Waals surface area contributed by atoms with Crippen LogP contribution < -0.4 is 11.1 Å². The summed E-state index contributed by atoms with van der Waals surface area (Å²) in [6, 6.07) is 3.02. The Morgan fingerprint density at radius 3 is 2.70 bits per heavy atom. The van der Waals surface area contributed by atoms with Crippen LogP contribution in [0.4, 0.5) is 5.69 Å². The van der Waals surface area contributed by atoms with Crippen molar-refractivity contribution >= 4 is 34.8 Å². The SMILES string of the molecule is Nc1cc(C(=O)NCCOC2CCCC2)cc(Cl)c1Cl. The van der Waals surface area contributed by atoms with Gasteiger partial charge in [-0.05, 0) is 25.0 Å². The maximum absolute atomic E-state index is 11.9. The lowest BCUT2D eigenvalue weighted by Crippen LogP contribution is -2.28. The van der Waals surface area contributed by atoms with Crippen LogP contribution in [0, 0.1) is 0 Å². The lowest BCUT2D eigenvalue weighted by atomic mass is 10.2. The summed E-state index contributed by atoms with van der Waals surface area (Å²) in [6.45, 7) is 0.989. The van der Waals surface area contributed by atoms with Crippen LogP contribution in [0.15, 0.2) is 12.1 Å². The highest BCUT2D eigenvalue weighted by atomic mass is 35.5. The van der Waals surface area contributed by atoms with E-state index in [2.05, 4.69) is 5.32 Å². The van der Waals surface area contributed by atoms with Gasteiger partial charge in [-0.1, -0.05) is 36.0 Å². The summed E-state index contributed by atoms with van der Waals surface area (Å²) in [6.07, 6.45) is 5.07. The van der Waals surface area contributed by atoms with Gasteiger partial charge < -0.3 is 15.8 Å². The number of benzene rings is 1. The molecule has 1 aromatic rings. The van der Waals surface area contributed by atoms with Crippen molar-refractivity contribution in [3.63, 3.8) is 0 Å². The minimum absolute atomic E-state index is 0.231. The highest BCUT2D eigenvalue weighted by Gasteiger charge is 2.15. The number of nitrogen functional groups attached to an aromatic ring is 1. The molecular weight excluding hydrogens is 299 g/mol. The van der Waals surface area contributed by atoms with Crippen molar-refractivity contribution in [2.24, 2.45) is 0 Å². The molecular formula is C14H18Cl2N2O2. The molecule has 3 N–H and O–H groups in total. The predicted molar refractivity (Wildman–Crippen MR) is 81.4 cm³/mol. The Morgan fingerprint density at radius 1 is 1.35 bits per heavy atom. The van der Waals surface area contributed by atoms with Crippen LogP contribution >= 0.6 is 23.2 Å². The summed E-state index contributed by atoms with van der Waals surface area (Å²) in [5, 5.41) is 3.32. The second-order valence-electron chi connectivity index (χ2n) is 4.89. The van der Waals surface area contributed by atoms with E-state index in [-0.39, 0.29) is 16.0 Å². The molecule has 1 aliphatic rings. The number of carbonyl (C=O) groups is 1. The van der Waals surface area contributed by atoms with Gasteiger partial charge in [0.15, 0.2) is 0 Å². The van der Waals surface area contributed by atoms with Gasteiger partial charge >= 0.3 is 0 Å². The Bertz CT molecular complexity index is 465. The van der Waals surface area contributed by atoms with E-state index >= 15 is 0 Å². The van der Waals surface area contributed by atoms with Crippen LogP contribution in [0.3, 0.4) is 0 Å². The molecule has 1 aromatic carbocycles. The highest BCUT2D eigenvalue weighted by Crippen LogP contribution is 2.29. The first-order valence-corrected chi connectivity index (χ1v) is 7.48. The normalized spacial score (nSPS) is 15.5. The summed E-state index contributed by atoms with van der Waals surface area (Å²) in [7, 11) is 0. The molecule has 0 heterocycles. The van der Waals surface area contributed by atoms with Crippen LogP contribution in [0.2, 0.25) is 10.0 Å². The van der Waals surface area contributed by atoms with Gasteiger partial charge in [0.2, 0.25) is 0 Å². The Balaban J connectivity index is 1.79. The van der Waals surface area contributed by atoms with Crippen LogP contribution in [0.5, 0.6) is 0 Å². The summed E-state index contributed by atoms with van der Waals surface area (Å²) in [5.74, 6) is -0.231. The van der Waals surface area contributed by atoms with E-state index in [0.29, 0.717) is 30.5 Å². The minimum atomic E-state index is -0.231. The Labute approximate surface area is 128 Å². The minimum Gasteiger partial charge on any atom is -0.397 e. The molecule has 1 amide bonds. The molecule has 110 valence electrons. The fourth-order valence-electron chi connectivity index (χ4n) is 2.29. The van der Waals surface area contributed by atoms with Crippen LogP contribution in [0.1, 0.15) is 36.0 Å². The molecule has 2 rings (SSSR count). The van der Waals surface area contributed by atoms with Crippen molar-refractivity contribution in [3.8, 4) is 0 Å². The van der Waals surface area contributed by atoms with Crippen molar-refractivity contribution in [3.05, 3.63) is 27.7 Å². The van der Waals surface area contributed by atoms with Gasteiger partial charge in [-0.2, -0.15) is 0 Å². The van der Waals surface area contributed by atoms with Crippen molar-refractivity contribution < 1.29 is 9.53 Å². The molecule has 6 heteroatoms. The second kappa shape index (κ2) is 7.16. The number of carbonyl (C=O) groups excluding carboxylic acids is 1. The van der Waals surface area contributed by atoms with Crippen LogP contribution in [-0.2, 0) is 4.74 Å². The molecule has 0 aliphatic heterocycles. The van der Waals surface area contributed by atoms with Crippen molar-refractivity contribution in [2.75, 3.05) is 18.9 Å². The van der Waals surface area contributed by atoms with Gasteiger partial charge in [0.25, 0.3) is 5.91 Å². The number of anilines is 1. The van der Waals surface area contributed by atoms with E-state index in [1.807, 2.05) is 0 Å². The molecule has 4 nitrogen and oxygen atoms in total. The monoisotopic (exact) mass is 316 g/mol. The van der Waals surface area contributed by atoms with Crippen molar-refractivity contribution in [1.82, 2.24) is 5.32 Å². The smallest absolute Gasteiger partial charge is 0.251 e. The van der Waals surface area contributed by atoms with Gasteiger partial charge in [0.05, 0.1) is 28.4 Å². The number of hydrogen-bond acceptors (Lipinski definition) is 3. The number of halogens is 2. The zero-order chi connectivity index (χ0) is 14.5. The second-order valence-corrected chi connectivity index (χ2v) is 5.68. The molecule has 0 unspecified atom stereocenters. The fourth-order valence-corrected chi connectivity index (χ4v) is 2.62. The number of nitrogens with one attached hydrogen (secondary N) is 1. The van der Waals surface area contributed by atoms with Gasteiger partial charge in [-0.15, -0.1) is 0 Å². The van der Waals surface area contributed by atoms with E-state index in [0.717, 1.165) is 12.8 Å². The molecule has 0 spiro atoms. The number of hydrogen-bond donors (Lipinski definition) is 2. The first-order valence-electron chi connectivity index (χ1n) is 6.72. The van der Waals surface area contributed by atoms with Gasteiger partial charge in [0, 0.05) is 12.1 Å². The number of rotatable bonds is 5. The third-order valence-corrected chi connectivity index (χ3v) is 4.18. The molecule has 0 radical (unpaired) electrons. The van der Waals surface area contributed by atoms with Gasteiger partial charge in [-0.3, -0.25) is 4.79 Å². The summed E-state index contributed by atoms with van der Waals surface area (Å²) in [4.78, 5) is 11.9. The van der Waals surface area contributed by atoms with Gasteiger partial charge in [0.1, 0.15) is 0 Å². The standard InChI is InChI=1S/C14H18Cl2N2O2/c15-11-7-9(8-12(17)13(11)16)14(19)18-5-6-20-10-3-1-2-4-10/h7-8,10H,1-6,17H2,(H,18,19). The first kappa shape index (κ1) is 15.4. The third kappa shape index (κ3) is 4.01.